The molecule has 0 aliphatic heterocycles. The zero-order chi connectivity index (χ0) is 16.0. The molecule has 116 valence electrons. The fourth-order valence-electron chi connectivity index (χ4n) is 1.65. The van der Waals surface area contributed by atoms with Crippen LogP contribution in [0.15, 0.2) is 18.2 Å². The van der Waals surface area contributed by atoms with Crippen molar-refractivity contribution in [2.45, 2.75) is 19.3 Å². The molecule has 0 radical (unpaired) electrons. The van der Waals surface area contributed by atoms with Crippen LogP contribution in [0, 0.1) is 0 Å². The van der Waals surface area contributed by atoms with Gasteiger partial charge in [-0.1, -0.05) is 43.1 Å². The van der Waals surface area contributed by atoms with Crippen LogP contribution in [0.3, 0.4) is 0 Å². The molecule has 21 heavy (non-hydrogen) atoms. The monoisotopic (exact) mass is 331 g/mol. The lowest BCUT2D eigenvalue weighted by molar-refractivity contribution is -0.125. The van der Waals surface area contributed by atoms with Gasteiger partial charge >= 0.3 is 0 Å². The van der Waals surface area contributed by atoms with Crippen LogP contribution in [-0.4, -0.2) is 31.4 Å². The van der Waals surface area contributed by atoms with Crippen LogP contribution in [-0.2, 0) is 15.0 Å². The van der Waals surface area contributed by atoms with E-state index in [1.54, 1.807) is 12.1 Å². The van der Waals surface area contributed by atoms with Crippen molar-refractivity contribution in [2.75, 3.05) is 19.6 Å². The van der Waals surface area contributed by atoms with Crippen LogP contribution in [0.25, 0.3) is 0 Å². The van der Waals surface area contributed by atoms with E-state index >= 15 is 0 Å². The molecule has 0 saturated carbocycles. The van der Waals surface area contributed by atoms with Crippen LogP contribution in [0.5, 0.6) is 0 Å². The number of hydrogen-bond donors (Lipinski definition) is 3. The van der Waals surface area contributed by atoms with Gasteiger partial charge in [0.05, 0.1) is 23.1 Å². The summed E-state index contributed by atoms with van der Waals surface area (Å²) in [5, 5.41) is 6.14. The van der Waals surface area contributed by atoms with Gasteiger partial charge in [-0.05, 0) is 17.7 Å². The van der Waals surface area contributed by atoms with Gasteiger partial charge in [-0.25, -0.2) is 0 Å². The van der Waals surface area contributed by atoms with Gasteiger partial charge in [0.25, 0.3) is 0 Å². The summed E-state index contributed by atoms with van der Waals surface area (Å²) >= 11 is 11.9. The lowest BCUT2D eigenvalue weighted by atomic mass is 9.84. The number of carbonyl (C=O) groups is 2. The molecule has 0 unspecified atom stereocenters. The Morgan fingerprint density at radius 3 is 2.38 bits per heavy atom. The van der Waals surface area contributed by atoms with Crippen molar-refractivity contribution in [3.8, 4) is 0 Å². The van der Waals surface area contributed by atoms with E-state index in [4.69, 9.17) is 28.9 Å². The Kier molecular flexibility index (Phi) is 6.45. The molecule has 4 N–H and O–H groups in total. The van der Waals surface area contributed by atoms with Crippen molar-refractivity contribution >= 4 is 35.0 Å². The van der Waals surface area contributed by atoms with Crippen molar-refractivity contribution in [3.05, 3.63) is 33.8 Å². The average Bonchev–Trinajstić information content (AvgIpc) is 2.45. The molecule has 2 amide bonds. The summed E-state index contributed by atoms with van der Waals surface area (Å²) in [5.74, 6) is -0.640. The fraction of sp³-hybridized carbons (Fsp3) is 0.429. The summed E-state index contributed by atoms with van der Waals surface area (Å²) in [5.41, 5.74) is 5.78. The minimum atomic E-state index is -0.367. The summed E-state index contributed by atoms with van der Waals surface area (Å²) in [6, 6.07) is 5.38. The highest BCUT2D eigenvalue weighted by molar-refractivity contribution is 6.42. The smallest absolute Gasteiger partial charge is 0.239 e. The van der Waals surface area contributed by atoms with E-state index < -0.39 is 0 Å². The normalized spacial score (nSPS) is 11.1. The van der Waals surface area contributed by atoms with E-state index in [2.05, 4.69) is 10.6 Å². The van der Waals surface area contributed by atoms with Gasteiger partial charge in [0.15, 0.2) is 0 Å². The third-order valence-electron chi connectivity index (χ3n) is 3.06. The lowest BCUT2D eigenvalue weighted by Gasteiger charge is -2.26. The number of nitrogens with one attached hydrogen (secondary N) is 2. The lowest BCUT2D eigenvalue weighted by Crippen LogP contribution is -2.43. The number of nitrogens with two attached hydrogens (primary N) is 1. The summed E-state index contributed by atoms with van der Waals surface area (Å²) in [4.78, 5) is 22.6. The third-order valence-corrected chi connectivity index (χ3v) is 3.80. The molecule has 0 heterocycles. The zero-order valence-electron chi connectivity index (χ0n) is 12.0. The maximum atomic E-state index is 11.6. The Morgan fingerprint density at radius 1 is 1.14 bits per heavy atom. The van der Waals surface area contributed by atoms with Crippen molar-refractivity contribution < 1.29 is 9.59 Å². The van der Waals surface area contributed by atoms with Gasteiger partial charge in [0, 0.05) is 12.0 Å². The van der Waals surface area contributed by atoms with Gasteiger partial charge in [-0.2, -0.15) is 0 Å². The van der Waals surface area contributed by atoms with E-state index in [1.807, 2.05) is 19.9 Å². The fourth-order valence-corrected chi connectivity index (χ4v) is 1.95. The van der Waals surface area contributed by atoms with E-state index in [0.29, 0.717) is 16.6 Å². The molecule has 0 spiro atoms. The Hall–Kier alpha value is -1.30. The largest absolute Gasteiger partial charge is 0.354 e. The van der Waals surface area contributed by atoms with E-state index in [0.717, 1.165) is 5.56 Å². The number of benzene rings is 1. The van der Waals surface area contributed by atoms with Crippen molar-refractivity contribution in [1.29, 1.82) is 0 Å². The number of amides is 2. The molecule has 0 bridgehead atoms. The number of halogens is 2. The second kappa shape index (κ2) is 7.64. The van der Waals surface area contributed by atoms with Crippen molar-refractivity contribution in [2.24, 2.45) is 5.73 Å². The SMILES string of the molecule is CC(C)(CNC(=O)CNC(=O)CN)c1ccc(Cl)c(Cl)c1. The minimum Gasteiger partial charge on any atom is -0.354 e. The van der Waals surface area contributed by atoms with E-state index in [9.17, 15) is 9.59 Å². The maximum Gasteiger partial charge on any atom is 0.239 e. The van der Waals surface area contributed by atoms with Crippen LogP contribution in [0.4, 0.5) is 0 Å². The zero-order valence-corrected chi connectivity index (χ0v) is 13.5. The summed E-state index contributed by atoms with van der Waals surface area (Å²) in [7, 11) is 0. The highest BCUT2D eigenvalue weighted by atomic mass is 35.5. The molecule has 5 nitrogen and oxygen atoms in total. The average molecular weight is 332 g/mol. The van der Waals surface area contributed by atoms with Gasteiger partial charge in [0.1, 0.15) is 0 Å². The van der Waals surface area contributed by atoms with Crippen molar-refractivity contribution in [3.63, 3.8) is 0 Å². The van der Waals surface area contributed by atoms with Crippen LogP contribution >= 0.6 is 23.2 Å². The van der Waals surface area contributed by atoms with Crippen LogP contribution < -0.4 is 16.4 Å². The molecule has 7 heteroatoms. The number of rotatable bonds is 6. The molecule has 1 rings (SSSR count). The number of carbonyl (C=O) groups excluding carboxylic acids is 2. The first-order valence-electron chi connectivity index (χ1n) is 6.45. The topological polar surface area (TPSA) is 84.2 Å². The maximum absolute atomic E-state index is 11.6. The molecule has 0 atom stereocenters. The predicted molar refractivity (Wildman–Crippen MR) is 84.6 cm³/mol. The molecule has 0 aliphatic rings. The molecule has 1 aromatic carbocycles. The Balaban J connectivity index is 2.57. The van der Waals surface area contributed by atoms with Crippen molar-refractivity contribution in [1.82, 2.24) is 10.6 Å². The standard InChI is InChI=1S/C14H19Cl2N3O2/c1-14(2,9-3-4-10(15)11(16)5-9)8-19-13(21)7-18-12(20)6-17/h3-5H,6-8,17H2,1-2H3,(H,18,20)(H,19,21). The third kappa shape index (κ3) is 5.53. The van der Waals surface area contributed by atoms with Crippen LogP contribution in [0.2, 0.25) is 10.0 Å². The highest BCUT2D eigenvalue weighted by Crippen LogP contribution is 2.29. The Bertz CT molecular complexity index is 533. The predicted octanol–water partition coefficient (Wildman–Crippen LogP) is 1.46. The van der Waals surface area contributed by atoms with Gasteiger partial charge in [0.2, 0.25) is 11.8 Å². The van der Waals surface area contributed by atoms with E-state index in [1.165, 1.54) is 0 Å². The first kappa shape index (κ1) is 17.8. The molecule has 0 aliphatic carbocycles. The number of hydrogen-bond acceptors (Lipinski definition) is 3. The van der Waals surface area contributed by atoms with Gasteiger partial charge in [-0.15, -0.1) is 0 Å². The first-order chi connectivity index (χ1) is 9.76. The van der Waals surface area contributed by atoms with Gasteiger partial charge < -0.3 is 16.4 Å². The molecular formula is C14H19Cl2N3O2. The summed E-state index contributed by atoms with van der Waals surface area (Å²) < 4.78 is 0. The minimum absolute atomic E-state index is 0.0898. The molecule has 0 fully saturated rings. The second-order valence-electron chi connectivity index (χ2n) is 5.27. The highest BCUT2D eigenvalue weighted by Gasteiger charge is 2.22. The van der Waals surface area contributed by atoms with Crippen LogP contribution in [0.1, 0.15) is 19.4 Å². The summed E-state index contributed by atoms with van der Waals surface area (Å²) in [6.45, 7) is 4.13. The molecule has 0 saturated heterocycles. The molecular weight excluding hydrogens is 313 g/mol. The molecule has 0 aromatic heterocycles. The Morgan fingerprint density at radius 2 is 1.81 bits per heavy atom. The summed E-state index contributed by atoms with van der Waals surface area (Å²) in [6.07, 6.45) is 0. The van der Waals surface area contributed by atoms with E-state index in [-0.39, 0.29) is 30.3 Å². The quantitative estimate of drug-likeness (QED) is 0.737. The van der Waals surface area contributed by atoms with Gasteiger partial charge in [-0.3, -0.25) is 9.59 Å². The Labute approximate surface area is 134 Å². The first-order valence-corrected chi connectivity index (χ1v) is 7.21. The molecule has 1 aromatic rings. The second-order valence-corrected chi connectivity index (χ2v) is 6.08.